The number of anilines is 2. The molecule has 0 aromatic heterocycles. The molecule has 3 aromatic rings. The van der Waals surface area contributed by atoms with Crippen LogP contribution in [0.2, 0.25) is 5.02 Å². The number of hydrogen-bond acceptors (Lipinski definition) is 5. The molecule has 0 spiro atoms. The molecule has 29 heavy (non-hydrogen) atoms. The van der Waals surface area contributed by atoms with E-state index in [1.807, 2.05) is 30.3 Å². The standard InChI is InChI=1S/C21H19ClN2O4S/c1-29(26,27)20-10-6-5-9-17(20)24-21(25)14-23-18-13-15(22)11-12-19(18)28-16-7-3-2-4-8-16/h2-13,23H,14H2,1H3,(H,24,25). The number of halogens is 1. The number of carbonyl (C=O) groups excluding carboxylic acids is 1. The van der Waals surface area contributed by atoms with Crippen LogP contribution in [-0.4, -0.2) is 27.1 Å². The number of rotatable bonds is 7. The van der Waals surface area contributed by atoms with Crippen LogP contribution in [0.25, 0.3) is 0 Å². The van der Waals surface area contributed by atoms with Gasteiger partial charge in [0.25, 0.3) is 0 Å². The quantitative estimate of drug-likeness (QED) is 0.572. The number of hydrogen-bond donors (Lipinski definition) is 2. The lowest BCUT2D eigenvalue weighted by Gasteiger charge is -2.14. The molecule has 3 aromatic carbocycles. The summed E-state index contributed by atoms with van der Waals surface area (Å²) in [6.45, 7) is -0.108. The smallest absolute Gasteiger partial charge is 0.243 e. The summed E-state index contributed by atoms with van der Waals surface area (Å²) in [6.07, 6.45) is 1.09. The third-order valence-corrected chi connectivity index (χ3v) is 5.30. The minimum Gasteiger partial charge on any atom is -0.455 e. The van der Waals surface area contributed by atoms with Gasteiger partial charge in [-0.2, -0.15) is 0 Å². The number of ether oxygens (including phenoxy) is 1. The molecular weight excluding hydrogens is 412 g/mol. The number of sulfone groups is 1. The Morgan fingerprint density at radius 2 is 1.66 bits per heavy atom. The van der Waals surface area contributed by atoms with Crippen LogP contribution in [0, 0.1) is 0 Å². The number of amides is 1. The molecule has 2 N–H and O–H groups in total. The van der Waals surface area contributed by atoms with Gasteiger partial charge in [-0.1, -0.05) is 41.9 Å². The van der Waals surface area contributed by atoms with Gasteiger partial charge in [0.05, 0.1) is 22.8 Å². The zero-order valence-electron chi connectivity index (χ0n) is 15.6. The van der Waals surface area contributed by atoms with Crippen LogP contribution in [0.15, 0.2) is 77.7 Å². The maximum atomic E-state index is 12.4. The monoisotopic (exact) mass is 430 g/mol. The van der Waals surface area contributed by atoms with Gasteiger partial charge in [0.15, 0.2) is 15.6 Å². The second-order valence-corrected chi connectivity index (χ2v) is 8.65. The lowest BCUT2D eigenvalue weighted by Crippen LogP contribution is -2.23. The van der Waals surface area contributed by atoms with Crippen molar-refractivity contribution in [2.45, 2.75) is 4.90 Å². The molecule has 6 nitrogen and oxygen atoms in total. The van der Waals surface area contributed by atoms with Crippen molar-refractivity contribution in [3.05, 3.63) is 77.8 Å². The lowest BCUT2D eigenvalue weighted by atomic mass is 10.2. The molecule has 1 amide bonds. The predicted molar refractivity (Wildman–Crippen MR) is 115 cm³/mol. The largest absolute Gasteiger partial charge is 0.455 e. The van der Waals surface area contributed by atoms with Gasteiger partial charge in [-0.3, -0.25) is 4.79 Å². The molecular formula is C21H19ClN2O4S. The van der Waals surface area contributed by atoms with E-state index in [2.05, 4.69) is 10.6 Å². The predicted octanol–water partition coefficient (Wildman–Crippen LogP) is 4.59. The molecule has 0 bridgehead atoms. The van der Waals surface area contributed by atoms with Crippen molar-refractivity contribution in [1.82, 2.24) is 0 Å². The van der Waals surface area contributed by atoms with Gasteiger partial charge in [0.1, 0.15) is 5.75 Å². The Hall–Kier alpha value is -3.03. The van der Waals surface area contributed by atoms with Crippen molar-refractivity contribution in [3.63, 3.8) is 0 Å². The van der Waals surface area contributed by atoms with Crippen LogP contribution in [0.1, 0.15) is 0 Å². The Bertz CT molecular complexity index is 1120. The number of para-hydroxylation sites is 2. The van der Waals surface area contributed by atoms with Gasteiger partial charge in [0, 0.05) is 11.3 Å². The fraction of sp³-hybridized carbons (Fsp3) is 0.0952. The first kappa shape index (κ1) is 20.7. The number of nitrogens with one attached hydrogen (secondary N) is 2. The normalized spacial score (nSPS) is 11.0. The third-order valence-electron chi connectivity index (χ3n) is 3.91. The van der Waals surface area contributed by atoms with E-state index in [9.17, 15) is 13.2 Å². The molecule has 0 saturated heterocycles. The highest BCUT2D eigenvalue weighted by Crippen LogP contribution is 2.32. The van der Waals surface area contributed by atoms with E-state index < -0.39 is 15.7 Å². The first-order valence-corrected chi connectivity index (χ1v) is 10.9. The van der Waals surface area contributed by atoms with Gasteiger partial charge in [-0.25, -0.2) is 8.42 Å². The second-order valence-electron chi connectivity index (χ2n) is 6.23. The van der Waals surface area contributed by atoms with E-state index in [0.717, 1.165) is 6.26 Å². The average molecular weight is 431 g/mol. The topological polar surface area (TPSA) is 84.5 Å². The van der Waals surface area contributed by atoms with E-state index >= 15 is 0 Å². The third kappa shape index (κ3) is 5.73. The Morgan fingerprint density at radius 3 is 2.38 bits per heavy atom. The Labute approximate surface area is 174 Å². The van der Waals surface area contributed by atoms with E-state index in [4.69, 9.17) is 16.3 Å². The molecule has 0 radical (unpaired) electrons. The molecule has 0 fully saturated rings. The van der Waals surface area contributed by atoms with E-state index in [1.54, 1.807) is 30.3 Å². The summed E-state index contributed by atoms with van der Waals surface area (Å²) < 4.78 is 29.6. The maximum absolute atomic E-state index is 12.4. The molecule has 0 heterocycles. The van der Waals surface area contributed by atoms with Gasteiger partial charge in [-0.15, -0.1) is 0 Å². The van der Waals surface area contributed by atoms with Crippen LogP contribution < -0.4 is 15.4 Å². The zero-order chi connectivity index (χ0) is 20.9. The van der Waals surface area contributed by atoms with Gasteiger partial charge < -0.3 is 15.4 Å². The number of benzene rings is 3. The van der Waals surface area contributed by atoms with Crippen LogP contribution in [0.3, 0.4) is 0 Å². The summed E-state index contributed by atoms with van der Waals surface area (Å²) in [4.78, 5) is 12.4. The molecule has 150 valence electrons. The Morgan fingerprint density at radius 1 is 0.966 bits per heavy atom. The molecule has 0 atom stereocenters. The minimum atomic E-state index is -3.47. The summed E-state index contributed by atoms with van der Waals surface area (Å²) >= 11 is 6.07. The van der Waals surface area contributed by atoms with Gasteiger partial charge in [0.2, 0.25) is 5.91 Å². The first-order valence-electron chi connectivity index (χ1n) is 8.68. The highest BCUT2D eigenvalue weighted by molar-refractivity contribution is 7.90. The Kier molecular flexibility index (Phi) is 6.41. The zero-order valence-corrected chi connectivity index (χ0v) is 17.1. The van der Waals surface area contributed by atoms with Crippen LogP contribution in [0.5, 0.6) is 11.5 Å². The summed E-state index contributed by atoms with van der Waals surface area (Å²) in [5, 5.41) is 6.08. The van der Waals surface area contributed by atoms with E-state index in [-0.39, 0.29) is 17.1 Å². The fourth-order valence-electron chi connectivity index (χ4n) is 2.61. The van der Waals surface area contributed by atoms with Crippen molar-refractivity contribution in [2.24, 2.45) is 0 Å². The molecule has 8 heteroatoms. The molecule has 0 unspecified atom stereocenters. The summed E-state index contributed by atoms with van der Waals surface area (Å²) in [6, 6.07) is 20.5. The first-order chi connectivity index (χ1) is 13.8. The van der Waals surface area contributed by atoms with Crippen LogP contribution >= 0.6 is 11.6 Å². The van der Waals surface area contributed by atoms with Crippen molar-refractivity contribution in [3.8, 4) is 11.5 Å². The maximum Gasteiger partial charge on any atom is 0.243 e. The van der Waals surface area contributed by atoms with Crippen molar-refractivity contribution < 1.29 is 17.9 Å². The average Bonchev–Trinajstić information content (AvgIpc) is 2.68. The highest BCUT2D eigenvalue weighted by Gasteiger charge is 2.15. The lowest BCUT2D eigenvalue weighted by molar-refractivity contribution is -0.114. The molecule has 0 aliphatic rings. The van der Waals surface area contributed by atoms with Crippen LogP contribution in [-0.2, 0) is 14.6 Å². The van der Waals surface area contributed by atoms with Crippen molar-refractivity contribution in [2.75, 3.05) is 23.4 Å². The summed E-state index contributed by atoms with van der Waals surface area (Å²) in [5.41, 5.74) is 0.765. The van der Waals surface area contributed by atoms with Gasteiger partial charge >= 0.3 is 0 Å². The summed E-state index contributed by atoms with van der Waals surface area (Å²) in [7, 11) is -3.47. The minimum absolute atomic E-state index is 0.0594. The van der Waals surface area contributed by atoms with Gasteiger partial charge in [-0.05, 0) is 42.5 Å². The van der Waals surface area contributed by atoms with E-state index in [0.29, 0.717) is 22.2 Å². The SMILES string of the molecule is CS(=O)(=O)c1ccccc1NC(=O)CNc1cc(Cl)ccc1Oc1ccccc1. The highest BCUT2D eigenvalue weighted by atomic mass is 35.5. The molecule has 0 aliphatic carbocycles. The van der Waals surface area contributed by atoms with E-state index in [1.165, 1.54) is 12.1 Å². The second kappa shape index (κ2) is 8.98. The molecule has 3 rings (SSSR count). The molecule has 0 saturated carbocycles. The fourth-order valence-corrected chi connectivity index (χ4v) is 3.62. The summed E-state index contributed by atoms with van der Waals surface area (Å²) in [5.74, 6) is 0.737. The van der Waals surface area contributed by atoms with Crippen molar-refractivity contribution in [1.29, 1.82) is 0 Å². The Balaban J connectivity index is 1.72. The molecule has 0 aliphatic heterocycles. The van der Waals surface area contributed by atoms with Crippen LogP contribution in [0.4, 0.5) is 11.4 Å². The van der Waals surface area contributed by atoms with Crippen molar-refractivity contribution >= 4 is 38.7 Å². The number of carbonyl (C=O) groups is 1.